The summed E-state index contributed by atoms with van der Waals surface area (Å²) in [5.74, 6) is -2.15. The molecular formula is C22H31N3O5. The second-order valence-corrected chi connectivity index (χ2v) is 7.77. The van der Waals surface area contributed by atoms with E-state index < -0.39 is 17.8 Å². The van der Waals surface area contributed by atoms with Gasteiger partial charge in [0.2, 0.25) is 0 Å². The summed E-state index contributed by atoms with van der Waals surface area (Å²) < 4.78 is 17.2. The van der Waals surface area contributed by atoms with E-state index in [9.17, 15) is 9.59 Å². The van der Waals surface area contributed by atoms with E-state index >= 15 is 0 Å². The van der Waals surface area contributed by atoms with E-state index in [1.165, 1.54) is 19.3 Å². The van der Waals surface area contributed by atoms with E-state index in [2.05, 4.69) is 11.9 Å². The van der Waals surface area contributed by atoms with Crippen molar-refractivity contribution in [2.75, 3.05) is 38.2 Å². The Hall–Kier alpha value is -2.61. The molecule has 164 valence electrons. The first-order valence-corrected chi connectivity index (χ1v) is 10.7. The highest BCUT2D eigenvalue weighted by molar-refractivity contribution is 5.93. The molecule has 0 unspecified atom stereocenters. The van der Waals surface area contributed by atoms with Crippen molar-refractivity contribution in [3.05, 3.63) is 30.6 Å². The lowest BCUT2D eigenvalue weighted by atomic mass is 10.2. The monoisotopic (exact) mass is 417 g/mol. The first-order valence-electron chi connectivity index (χ1n) is 10.7. The van der Waals surface area contributed by atoms with Crippen LogP contribution in [-0.2, 0) is 19.1 Å². The molecular weight excluding hydrogens is 386 g/mol. The first-order chi connectivity index (χ1) is 14.5. The van der Waals surface area contributed by atoms with Gasteiger partial charge in [0.15, 0.2) is 0 Å². The summed E-state index contributed by atoms with van der Waals surface area (Å²) in [5, 5.41) is 0. The molecule has 3 rings (SSSR count). The van der Waals surface area contributed by atoms with E-state index in [0.717, 1.165) is 38.0 Å². The summed E-state index contributed by atoms with van der Waals surface area (Å²) in [6.45, 7) is 4.36. The van der Waals surface area contributed by atoms with Gasteiger partial charge < -0.3 is 14.2 Å². The van der Waals surface area contributed by atoms with E-state index in [4.69, 9.17) is 14.2 Å². The van der Waals surface area contributed by atoms with Crippen molar-refractivity contribution in [3.8, 4) is 5.75 Å². The molecule has 1 aromatic rings. The third-order valence-electron chi connectivity index (χ3n) is 5.21. The molecule has 2 aliphatic rings. The van der Waals surface area contributed by atoms with Gasteiger partial charge in [0.25, 0.3) is 0 Å². The molecule has 0 N–H and O–H groups in total. The number of unbranched alkanes of at least 4 members (excludes halogenated alkanes) is 4. The Morgan fingerprint density at radius 2 is 1.80 bits per heavy atom. The van der Waals surface area contributed by atoms with Gasteiger partial charge in [-0.1, -0.05) is 32.6 Å². The smallest absolute Gasteiger partial charge is 0.356 e. The highest BCUT2D eigenvalue weighted by atomic mass is 16.8. The summed E-state index contributed by atoms with van der Waals surface area (Å²) in [4.78, 5) is 32.4. The van der Waals surface area contributed by atoms with Gasteiger partial charge in [-0.3, -0.25) is 14.8 Å². The molecule has 1 spiro atoms. The highest BCUT2D eigenvalue weighted by Crippen LogP contribution is 2.33. The Morgan fingerprint density at radius 1 is 1.07 bits per heavy atom. The zero-order valence-electron chi connectivity index (χ0n) is 17.8. The SMILES string of the molecule is CCCCCCCOc1cncc(N2CCCN(C)CC23OC(=O)C=CC(=O)O3)c1. The van der Waals surface area contributed by atoms with E-state index in [1.54, 1.807) is 17.3 Å². The van der Waals surface area contributed by atoms with Crippen molar-refractivity contribution in [3.63, 3.8) is 0 Å². The van der Waals surface area contributed by atoms with E-state index in [0.29, 0.717) is 24.6 Å². The Kier molecular flexibility index (Phi) is 7.68. The quantitative estimate of drug-likeness (QED) is 0.472. The van der Waals surface area contributed by atoms with Crippen LogP contribution >= 0.6 is 0 Å². The van der Waals surface area contributed by atoms with Gasteiger partial charge in [0.05, 0.1) is 31.2 Å². The standard InChI is InChI=1S/C22H31N3O5/c1-3-4-5-6-7-13-28-19-14-18(15-23-16-19)25-12-8-11-24(2)17-22(25)29-20(26)9-10-21(27)30-22/h9-10,14-16H,3-8,11-13,17H2,1-2H3. The van der Waals surface area contributed by atoms with Gasteiger partial charge in [0, 0.05) is 24.8 Å². The molecule has 8 nitrogen and oxygen atoms in total. The summed E-state index contributed by atoms with van der Waals surface area (Å²) >= 11 is 0. The first kappa shape index (κ1) is 22.1. The van der Waals surface area contributed by atoms with Crippen molar-refractivity contribution in [2.45, 2.75) is 51.4 Å². The normalized spacial score (nSPS) is 19.2. The number of carbonyl (C=O) groups is 2. The van der Waals surface area contributed by atoms with E-state index in [1.807, 2.05) is 18.0 Å². The predicted molar refractivity (Wildman–Crippen MR) is 112 cm³/mol. The molecule has 1 saturated heterocycles. The average molecular weight is 418 g/mol. The third kappa shape index (κ3) is 5.72. The largest absolute Gasteiger partial charge is 0.492 e. The molecule has 0 amide bonds. The van der Waals surface area contributed by atoms with Crippen LogP contribution in [0.25, 0.3) is 0 Å². The second kappa shape index (κ2) is 10.4. The fraction of sp³-hybridized carbons (Fsp3) is 0.591. The van der Waals surface area contributed by atoms with Crippen molar-refractivity contribution >= 4 is 17.6 Å². The lowest BCUT2D eigenvalue weighted by molar-refractivity contribution is -0.223. The molecule has 2 aliphatic heterocycles. The van der Waals surface area contributed by atoms with Crippen LogP contribution in [0.3, 0.4) is 0 Å². The minimum atomic E-state index is -1.55. The van der Waals surface area contributed by atoms with Crippen LogP contribution in [0.15, 0.2) is 30.6 Å². The average Bonchev–Trinajstić information content (AvgIpc) is 2.96. The molecule has 8 heteroatoms. The van der Waals surface area contributed by atoms with Crippen molar-refractivity contribution in [2.24, 2.45) is 0 Å². The molecule has 3 heterocycles. The van der Waals surface area contributed by atoms with Crippen LogP contribution in [0.4, 0.5) is 5.69 Å². The van der Waals surface area contributed by atoms with Crippen LogP contribution in [0, 0.1) is 0 Å². The maximum absolute atomic E-state index is 12.2. The number of carbonyl (C=O) groups excluding carboxylic acids is 2. The second-order valence-electron chi connectivity index (χ2n) is 7.77. The van der Waals surface area contributed by atoms with Gasteiger partial charge in [-0.15, -0.1) is 0 Å². The number of pyridine rings is 1. The molecule has 0 aromatic carbocycles. The number of nitrogens with zero attached hydrogens (tertiary/aromatic N) is 3. The minimum absolute atomic E-state index is 0.231. The molecule has 1 aromatic heterocycles. The van der Waals surface area contributed by atoms with Crippen LogP contribution in [0.2, 0.25) is 0 Å². The molecule has 0 saturated carbocycles. The van der Waals surface area contributed by atoms with Crippen LogP contribution in [-0.4, -0.2) is 61.0 Å². The fourth-order valence-electron chi connectivity index (χ4n) is 3.74. The van der Waals surface area contributed by atoms with Crippen LogP contribution < -0.4 is 9.64 Å². The number of ether oxygens (including phenoxy) is 3. The number of likely N-dealkylation sites (N-methyl/N-ethyl adjacent to an activating group) is 1. The lowest BCUT2D eigenvalue weighted by Crippen LogP contribution is -2.59. The summed E-state index contributed by atoms with van der Waals surface area (Å²) in [5.41, 5.74) is 0.677. The molecule has 0 radical (unpaired) electrons. The number of anilines is 1. The maximum atomic E-state index is 12.2. The van der Waals surface area contributed by atoms with Gasteiger partial charge in [0.1, 0.15) is 5.75 Å². The van der Waals surface area contributed by atoms with Crippen molar-refractivity contribution in [1.29, 1.82) is 0 Å². The number of hydrogen-bond donors (Lipinski definition) is 0. The fourth-order valence-corrected chi connectivity index (χ4v) is 3.74. The van der Waals surface area contributed by atoms with E-state index in [-0.39, 0.29) is 6.54 Å². The highest BCUT2D eigenvalue weighted by Gasteiger charge is 2.48. The molecule has 1 fully saturated rings. The Bertz CT molecular complexity index is 747. The molecule has 0 aliphatic carbocycles. The Labute approximate surface area is 177 Å². The Morgan fingerprint density at radius 3 is 2.53 bits per heavy atom. The topological polar surface area (TPSA) is 81.2 Å². The number of rotatable bonds is 8. The maximum Gasteiger partial charge on any atom is 0.356 e. The van der Waals surface area contributed by atoms with Gasteiger partial charge in [-0.05, 0) is 26.4 Å². The van der Waals surface area contributed by atoms with Crippen LogP contribution in [0.5, 0.6) is 5.75 Å². The zero-order valence-corrected chi connectivity index (χ0v) is 17.8. The van der Waals surface area contributed by atoms with Gasteiger partial charge >= 0.3 is 17.8 Å². The number of hydrogen-bond acceptors (Lipinski definition) is 8. The van der Waals surface area contributed by atoms with Crippen LogP contribution in [0.1, 0.15) is 45.4 Å². The van der Waals surface area contributed by atoms with Crippen molar-refractivity contribution in [1.82, 2.24) is 9.88 Å². The summed E-state index contributed by atoms with van der Waals surface area (Å²) in [7, 11) is 1.90. The molecule has 30 heavy (non-hydrogen) atoms. The van der Waals surface area contributed by atoms with Gasteiger partial charge in [-0.25, -0.2) is 9.59 Å². The number of aromatic nitrogens is 1. The predicted octanol–water partition coefficient (Wildman–Crippen LogP) is 2.88. The Balaban J connectivity index is 1.77. The summed E-state index contributed by atoms with van der Waals surface area (Å²) in [6.07, 6.45) is 12.1. The minimum Gasteiger partial charge on any atom is -0.492 e. The lowest BCUT2D eigenvalue weighted by Gasteiger charge is -2.41. The van der Waals surface area contributed by atoms with Gasteiger partial charge in [-0.2, -0.15) is 0 Å². The molecule has 0 atom stereocenters. The number of esters is 2. The van der Waals surface area contributed by atoms with Crippen molar-refractivity contribution < 1.29 is 23.8 Å². The zero-order chi connectivity index (χ0) is 21.4. The molecule has 0 bridgehead atoms. The third-order valence-corrected chi connectivity index (χ3v) is 5.21. The summed E-state index contributed by atoms with van der Waals surface area (Å²) in [6, 6.07) is 1.85.